The van der Waals surface area contributed by atoms with Crippen molar-refractivity contribution in [2.75, 3.05) is 13.9 Å². The molecule has 0 saturated heterocycles. The third-order valence-corrected chi connectivity index (χ3v) is 4.46. The van der Waals surface area contributed by atoms with Crippen LogP contribution in [-0.2, 0) is 4.74 Å². The van der Waals surface area contributed by atoms with E-state index >= 15 is 0 Å². The SMILES string of the molecule is COCOc1ccc2nc(-c3ccc([N+](=O)[O-])c(Cl)c3)sc2c1. The molecule has 6 nitrogen and oxygen atoms in total. The van der Waals surface area contributed by atoms with Crippen LogP contribution in [0.5, 0.6) is 5.75 Å². The Morgan fingerprint density at radius 3 is 2.83 bits per heavy atom. The maximum atomic E-state index is 10.8. The van der Waals surface area contributed by atoms with Gasteiger partial charge in [-0.1, -0.05) is 11.6 Å². The Morgan fingerprint density at radius 1 is 1.30 bits per heavy atom. The van der Waals surface area contributed by atoms with Crippen molar-refractivity contribution < 1.29 is 14.4 Å². The molecular formula is C15H11ClN2O4S. The first-order chi connectivity index (χ1) is 11.1. The number of ether oxygens (including phenoxy) is 2. The van der Waals surface area contributed by atoms with E-state index in [-0.39, 0.29) is 17.5 Å². The highest BCUT2D eigenvalue weighted by Gasteiger charge is 2.15. The number of aromatic nitrogens is 1. The van der Waals surface area contributed by atoms with Crippen molar-refractivity contribution in [2.45, 2.75) is 0 Å². The minimum atomic E-state index is -0.510. The highest BCUT2D eigenvalue weighted by Crippen LogP contribution is 2.35. The van der Waals surface area contributed by atoms with Crippen LogP contribution in [0, 0.1) is 10.1 Å². The number of thiazole rings is 1. The molecule has 0 aliphatic heterocycles. The number of nitro groups is 1. The Labute approximate surface area is 140 Å². The zero-order valence-corrected chi connectivity index (χ0v) is 13.6. The number of fused-ring (bicyclic) bond motifs is 1. The second-order valence-electron chi connectivity index (χ2n) is 4.62. The summed E-state index contributed by atoms with van der Waals surface area (Å²) in [5, 5.41) is 11.6. The third-order valence-electron chi connectivity index (χ3n) is 3.09. The van der Waals surface area contributed by atoms with Gasteiger partial charge in [-0.25, -0.2) is 4.98 Å². The summed E-state index contributed by atoms with van der Waals surface area (Å²) in [5.41, 5.74) is 1.44. The van der Waals surface area contributed by atoms with Crippen LogP contribution in [0.15, 0.2) is 36.4 Å². The van der Waals surface area contributed by atoms with E-state index < -0.39 is 4.92 Å². The Kier molecular flexibility index (Phi) is 4.42. The van der Waals surface area contributed by atoms with Gasteiger partial charge in [0.05, 0.1) is 15.1 Å². The molecule has 1 aromatic heterocycles. The minimum absolute atomic E-state index is 0.0934. The molecule has 0 bridgehead atoms. The van der Waals surface area contributed by atoms with E-state index in [0.717, 1.165) is 20.8 Å². The number of nitrogens with zero attached hydrogens (tertiary/aromatic N) is 2. The summed E-state index contributed by atoms with van der Waals surface area (Å²) in [7, 11) is 1.56. The van der Waals surface area contributed by atoms with Gasteiger partial charge in [-0.3, -0.25) is 10.1 Å². The van der Waals surface area contributed by atoms with Gasteiger partial charge in [0, 0.05) is 18.7 Å². The van der Waals surface area contributed by atoms with Crippen molar-refractivity contribution in [3.8, 4) is 16.3 Å². The van der Waals surface area contributed by atoms with Crippen LogP contribution >= 0.6 is 22.9 Å². The maximum Gasteiger partial charge on any atom is 0.287 e. The van der Waals surface area contributed by atoms with Gasteiger partial charge in [0.15, 0.2) is 6.79 Å². The lowest BCUT2D eigenvalue weighted by molar-refractivity contribution is -0.384. The van der Waals surface area contributed by atoms with Crippen LogP contribution in [0.1, 0.15) is 0 Å². The highest BCUT2D eigenvalue weighted by molar-refractivity contribution is 7.21. The van der Waals surface area contributed by atoms with Gasteiger partial charge in [-0.05, 0) is 30.3 Å². The zero-order valence-electron chi connectivity index (χ0n) is 12.0. The largest absolute Gasteiger partial charge is 0.468 e. The monoisotopic (exact) mass is 350 g/mol. The summed E-state index contributed by atoms with van der Waals surface area (Å²) < 4.78 is 11.2. The minimum Gasteiger partial charge on any atom is -0.468 e. The zero-order chi connectivity index (χ0) is 16.4. The number of benzene rings is 2. The van der Waals surface area contributed by atoms with Gasteiger partial charge in [-0.2, -0.15) is 0 Å². The van der Waals surface area contributed by atoms with E-state index in [9.17, 15) is 10.1 Å². The van der Waals surface area contributed by atoms with Crippen molar-refractivity contribution in [2.24, 2.45) is 0 Å². The molecule has 0 fully saturated rings. The molecule has 0 atom stereocenters. The number of methoxy groups -OCH3 is 1. The molecule has 1 heterocycles. The average Bonchev–Trinajstić information content (AvgIpc) is 2.95. The summed E-state index contributed by atoms with van der Waals surface area (Å²) in [6, 6.07) is 10.1. The average molecular weight is 351 g/mol. The van der Waals surface area contributed by atoms with Gasteiger partial charge >= 0.3 is 0 Å². The van der Waals surface area contributed by atoms with Crippen molar-refractivity contribution in [3.63, 3.8) is 0 Å². The fourth-order valence-corrected chi connectivity index (χ4v) is 3.27. The number of hydrogen-bond acceptors (Lipinski definition) is 6. The number of halogens is 1. The summed E-state index contributed by atoms with van der Waals surface area (Å²) in [5.74, 6) is 0.691. The summed E-state index contributed by atoms with van der Waals surface area (Å²) in [6.07, 6.45) is 0. The number of hydrogen-bond donors (Lipinski definition) is 0. The molecular weight excluding hydrogens is 340 g/mol. The lowest BCUT2D eigenvalue weighted by atomic mass is 10.2. The Morgan fingerprint density at radius 2 is 2.13 bits per heavy atom. The van der Waals surface area contributed by atoms with E-state index in [1.807, 2.05) is 18.2 Å². The normalized spacial score (nSPS) is 10.9. The summed E-state index contributed by atoms with van der Waals surface area (Å²) in [6.45, 7) is 0.176. The Bertz CT molecular complexity index is 881. The smallest absolute Gasteiger partial charge is 0.287 e. The molecule has 0 saturated carbocycles. The first kappa shape index (κ1) is 15.7. The van der Waals surface area contributed by atoms with Gasteiger partial charge < -0.3 is 9.47 Å². The molecule has 0 unspecified atom stereocenters. The molecule has 0 radical (unpaired) electrons. The van der Waals surface area contributed by atoms with E-state index in [1.54, 1.807) is 19.2 Å². The van der Waals surface area contributed by atoms with Crippen LogP contribution in [0.4, 0.5) is 5.69 Å². The van der Waals surface area contributed by atoms with Crippen LogP contribution in [-0.4, -0.2) is 23.8 Å². The van der Waals surface area contributed by atoms with Gasteiger partial charge in [-0.15, -0.1) is 11.3 Å². The molecule has 3 rings (SSSR count). The van der Waals surface area contributed by atoms with E-state index in [2.05, 4.69) is 4.98 Å². The van der Waals surface area contributed by atoms with Gasteiger partial charge in [0.1, 0.15) is 15.8 Å². The molecule has 8 heteroatoms. The summed E-state index contributed by atoms with van der Waals surface area (Å²) in [4.78, 5) is 14.8. The second kappa shape index (κ2) is 6.49. The Balaban J connectivity index is 1.97. The fraction of sp³-hybridized carbons (Fsp3) is 0.133. The van der Waals surface area contributed by atoms with Crippen LogP contribution in [0.2, 0.25) is 5.02 Å². The topological polar surface area (TPSA) is 74.5 Å². The van der Waals surface area contributed by atoms with Crippen molar-refractivity contribution >= 4 is 38.8 Å². The predicted octanol–water partition coefficient (Wildman–Crippen LogP) is 4.51. The lowest BCUT2D eigenvalue weighted by Gasteiger charge is -2.03. The third kappa shape index (κ3) is 3.26. The van der Waals surface area contributed by atoms with Crippen molar-refractivity contribution in [1.82, 2.24) is 4.98 Å². The van der Waals surface area contributed by atoms with E-state index in [1.165, 1.54) is 17.4 Å². The van der Waals surface area contributed by atoms with Crippen LogP contribution in [0.3, 0.4) is 0 Å². The molecule has 23 heavy (non-hydrogen) atoms. The summed E-state index contributed by atoms with van der Waals surface area (Å²) >= 11 is 7.42. The van der Waals surface area contributed by atoms with Gasteiger partial charge in [0.2, 0.25) is 0 Å². The molecule has 2 aromatic carbocycles. The molecule has 0 aliphatic carbocycles. The fourth-order valence-electron chi connectivity index (χ4n) is 2.03. The van der Waals surface area contributed by atoms with Crippen LogP contribution < -0.4 is 4.74 Å². The number of rotatable bonds is 5. The first-order valence-electron chi connectivity index (χ1n) is 6.55. The highest BCUT2D eigenvalue weighted by atomic mass is 35.5. The first-order valence-corrected chi connectivity index (χ1v) is 7.74. The molecule has 0 N–H and O–H groups in total. The van der Waals surface area contributed by atoms with Crippen LogP contribution in [0.25, 0.3) is 20.8 Å². The second-order valence-corrected chi connectivity index (χ2v) is 6.06. The Hall–Kier alpha value is -2.22. The molecule has 0 aliphatic rings. The standard InChI is InChI=1S/C15H11ClN2O4S/c1-21-8-22-10-3-4-12-14(7-10)23-15(17-12)9-2-5-13(18(19)20)11(16)6-9/h2-7H,8H2,1H3. The van der Waals surface area contributed by atoms with E-state index in [4.69, 9.17) is 21.1 Å². The lowest BCUT2D eigenvalue weighted by Crippen LogP contribution is -1.98. The quantitative estimate of drug-likeness (QED) is 0.384. The molecule has 0 amide bonds. The van der Waals surface area contributed by atoms with Crippen molar-refractivity contribution in [3.05, 3.63) is 51.5 Å². The van der Waals surface area contributed by atoms with E-state index in [0.29, 0.717) is 5.75 Å². The molecule has 118 valence electrons. The molecule has 3 aromatic rings. The number of nitro benzene ring substituents is 1. The molecule has 0 spiro atoms. The maximum absolute atomic E-state index is 10.8. The van der Waals surface area contributed by atoms with Gasteiger partial charge in [0.25, 0.3) is 5.69 Å². The predicted molar refractivity (Wildman–Crippen MR) is 89.2 cm³/mol. The van der Waals surface area contributed by atoms with Crippen molar-refractivity contribution in [1.29, 1.82) is 0 Å².